The van der Waals surface area contributed by atoms with E-state index in [1.165, 1.54) is 11.8 Å². The summed E-state index contributed by atoms with van der Waals surface area (Å²) in [6.45, 7) is 1.83. The molecule has 0 bridgehead atoms. The Morgan fingerprint density at radius 1 is 1.15 bits per heavy atom. The summed E-state index contributed by atoms with van der Waals surface area (Å²) in [4.78, 5) is 31.3. The van der Waals surface area contributed by atoms with Crippen LogP contribution in [0.25, 0.3) is 22.0 Å². The van der Waals surface area contributed by atoms with Gasteiger partial charge in [-0.3, -0.25) is 14.6 Å². The molecule has 0 saturated carbocycles. The highest BCUT2D eigenvalue weighted by Crippen LogP contribution is 2.42. The second-order valence-corrected chi connectivity index (χ2v) is 8.46. The molecule has 33 heavy (non-hydrogen) atoms. The number of H-pyrrole nitrogens is 1. The smallest absolute Gasteiger partial charge is 0.325 e. The van der Waals surface area contributed by atoms with E-state index in [1.807, 2.05) is 73.8 Å². The number of thioether (sulfide) groups is 1. The Bertz CT molecular complexity index is 1450. The van der Waals surface area contributed by atoms with Gasteiger partial charge in [-0.1, -0.05) is 61.2 Å². The van der Waals surface area contributed by atoms with Crippen molar-refractivity contribution in [1.29, 1.82) is 0 Å². The molecular weight excluding hydrogens is 436 g/mol. The normalized spacial score (nSPS) is 14.6. The molecule has 2 heterocycles. The lowest BCUT2D eigenvalue weighted by atomic mass is 9.96. The first kappa shape index (κ1) is 21.2. The number of nitrogens with one attached hydrogen (secondary N) is 1. The zero-order valence-electron chi connectivity index (χ0n) is 18.5. The number of hydrogen-bond donors (Lipinski definition) is 1. The number of rotatable bonds is 4. The van der Waals surface area contributed by atoms with Gasteiger partial charge in [0.2, 0.25) is 11.1 Å². The zero-order chi connectivity index (χ0) is 23.1. The van der Waals surface area contributed by atoms with Crippen molar-refractivity contribution in [2.75, 3.05) is 18.3 Å². The Balaban J connectivity index is 1.95. The van der Waals surface area contributed by atoms with Gasteiger partial charge in [0, 0.05) is 11.5 Å². The predicted molar refractivity (Wildman–Crippen MR) is 129 cm³/mol. The largest absolute Gasteiger partial charge is 0.496 e. The van der Waals surface area contributed by atoms with Crippen LogP contribution in [-0.2, 0) is 4.79 Å². The molecule has 4 aromatic rings. The molecule has 0 unspecified atom stereocenters. The highest BCUT2D eigenvalue weighted by Gasteiger charge is 2.47. The molecule has 0 fully saturated rings. The Hall–Kier alpha value is -3.65. The minimum Gasteiger partial charge on any atom is -0.496 e. The third-order valence-corrected chi connectivity index (χ3v) is 6.50. The number of hydrogen-bond acceptors (Lipinski definition) is 5. The Kier molecular flexibility index (Phi) is 5.38. The quantitative estimate of drug-likeness (QED) is 0.370. The number of amides is 1. The van der Waals surface area contributed by atoms with Gasteiger partial charge in [-0.25, -0.2) is 4.90 Å². The number of nitrogens with zero attached hydrogens (tertiary/aromatic N) is 3. The Morgan fingerprint density at radius 3 is 2.67 bits per heavy atom. The van der Waals surface area contributed by atoms with Crippen molar-refractivity contribution in [3.05, 3.63) is 76.6 Å². The monoisotopic (exact) mass is 459 g/mol. The van der Waals surface area contributed by atoms with Crippen LogP contribution in [0.15, 0.2) is 70.6 Å². The molecule has 0 radical (unpaired) electrons. The first-order chi connectivity index (χ1) is 16.1. The summed E-state index contributed by atoms with van der Waals surface area (Å²) in [6, 6.07) is 19.3. The van der Waals surface area contributed by atoms with E-state index >= 15 is 0 Å². The molecule has 5 rings (SSSR count). The lowest BCUT2D eigenvalue weighted by Gasteiger charge is -2.33. The maximum absolute atomic E-state index is 13.5. The van der Waals surface area contributed by atoms with E-state index < -0.39 is 6.17 Å². The van der Waals surface area contributed by atoms with Crippen molar-refractivity contribution in [2.24, 2.45) is 0 Å². The van der Waals surface area contributed by atoms with E-state index in [4.69, 9.17) is 9.84 Å². The van der Waals surface area contributed by atoms with Crippen molar-refractivity contribution in [2.45, 2.75) is 24.7 Å². The van der Waals surface area contributed by atoms with Crippen molar-refractivity contribution >= 4 is 34.1 Å². The number of carbonyl (C=O) groups excluding carboxylic acids is 1. The summed E-state index contributed by atoms with van der Waals surface area (Å²) in [5, 5.41) is 7.18. The first-order valence-corrected chi connectivity index (χ1v) is 11.9. The summed E-state index contributed by atoms with van der Waals surface area (Å²) >= 11 is 1.34. The zero-order valence-corrected chi connectivity index (χ0v) is 19.3. The van der Waals surface area contributed by atoms with Crippen LogP contribution in [0, 0.1) is 0 Å². The topological polar surface area (TPSA) is 79.2 Å². The van der Waals surface area contributed by atoms with Crippen LogP contribution in [0.4, 0.5) is 5.69 Å². The maximum atomic E-state index is 13.5. The van der Waals surface area contributed by atoms with Crippen LogP contribution < -0.4 is 19.9 Å². The van der Waals surface area contributed by atoms with Crippen LogP contribution >= 0.6 is 11.8 Å². The highest BCUT2D eigenvalue weighted by molar-refractivity contribution is 7.98. The molecule has 0 aliphatic carbocycles. The molecule has 0 spiro atoms. The van der Waals surface area contributed by atoms with Crippen molar-refractivity contribution in [3.8, 4) is 17.0 Å². The van der Waals surface area contributed by atoms with Gasteiger partial charge in [-0.05, 0) is 39.9 Å². The predicted octanol–water partition coefficient (Wildman–Crippen LogP) is 3.91. The number of carbonyl (C=O) groups is 1. The van der Waals surface area contributed by atoms with Gasteiger partial charge < -0.3 is 4.74 Å². The molecule has 1 aliphatic heterocycles. The fourth-order valence-corrected chi connectivity index (χ4v) is 4.85. The molecule has 1 N–H and O–H groups in total. The van der Waals surface area contributed by atoms with Crippen LogP contribution in [0.3, 0.4) is 0 Å². The van der Waals surface area contributed by atoms with Gasteiger partial charge >= 0.3 is 11.3 Å². The molecule has 8 heteroatoms. The van der Waals surface area contributed by atoms with Gasteiger partial charge in [0.15, 0.2) is 0 Å². The minimum atomic E-state index is -0.698. The number of anilines is 1. The van der Waals surface area contributed by atoms with Crippen LogP contribution in [0.1, 0.15) is 25.1 Å². The lowest BCUT2D eigenvalue weighted by molar-refractivity contribution is -0.763. The molecular formula is C25H23N4O3S+. The van der Waals surface area contributed by atoms with Gasteiger partial charge in [-0.15, -0.1) is 0 Å². The van der Waals surface area contributed by atoms with Crippen molar-refractivity contribution < 1.29 is 14.2 Å². The van der Waals surface area contributed by atoms with Gasteiger partial charge in [0.25, 0.3) is 6.17 Å². The number of ether oxygens (including phenoxy) is 1. The SMILES string of the molecule is CCC(=O)N1c2ccccc2-c2c(=O)[nH]c(SC)n[n+]2[C@H]1c1c(OC)ccc2ccccc12. The third kappa shape index (κ3) is 3.29. The maximum Gasteiger partial charge on any atom is 0.325 e. The van der Waals surface area contributed by atoms with Gasteiger partial charge in [-0.2, -0.15) is 0 Å². The van der Waals surface area contributed by atoms with E-state index in [-0.39, 0.29) is 11.5 Å². The average molecular weight is 460 g/mol. The van der Waals surface area contributed by atoms with Crippen LogP contribution in [0.2, 0.25) is 0 Å². The standard InChI is InChI=1S/C25H22N4O3S/c1-4-20(30)28-18-12-8-7-11-17(18)22-23(31)26-25(33-3)27-29(22)24(28)21-16-10-6-5-9-15(16)13-14-19(21)32-2/h5-14,24H,4H2,1-3H3/p+1/t24-/m0/s1. The highest BCUT2D eigenvalue weighted by atomic mass is 32.2. The number of benzene rings is 3. The molecule has 1 aromatic heterocycles. The summed E-state index contributed by atoms with van der Waals surface area (Å²) in [5.74, 6) is 0.548. The summed E-state index contributed by atoms with van der Waals surface area (Å²) < 4.78 is 7.46. The molecule has 0 saturated heterocycles. The van der Waals surface area contributed by atoms with E-state index in [0.29, 0.717) is 34.3 Å². The van der Waals surface area contributed by atoms with E-state index in [9.17, 15) is 9.59 Å². The Morgan fingerprint density at radius 2 is 1.91 bits per heavy atom. The molecule has 7 nitrogen and oxygen atoms in total. The molecule has 3 aromatic carbocycles. The van der Waals surface area contributed by atoms with Crippen molar-refractivity contribution in [1.82, 2.24) is 10.1 Å². The fraction of sp³-hybridized carbons (Fsp3) is 0.200. The molecule has 1 aliphatic rings. The van der Waals surface area contributed by atoms with Crippen LogP contribution in [0.5, 0.6) is 5.75 Å². The van der Waals surface area contributed by atoms with E-state index in [2.05, 4.69) is 4.98 Å². The number of fused-ring (bicyclic) bond motifs is 4. The first-order valence-electron chi connectivity index (χ1n) is 10.7. The summed E-state index contributed by atoms with van der Waals surface area (Å²) in [5.41, 5.74) is 2.27. The second kappa shape index (κ2) is 8.37. The second-order valence-electron chi connectivity index (χ2n) is 7.67. The van der Waals surface area contributed by atoms with Crippen LogP contribution in [-0.4, -0.2) is 29.4 Å². The van der Waals surface area contributed by atoms with Crippen molar-refractivity contribution in [3.63, 3.8) is 0 Å². The van der Waals surface area contributed by atoms with Gasteiger partial charge in [0.05, 0.1) is 23.9 Å². The number of para-hydroxylation sites is 1. The van der Waals surface area contributed by atoms with E-state index in [0.717, 1.165) is 16.3 Å². The Labute approximate surface area is 195 Å². The number of aromatic amines is 1. The molecule has 1 amide bonds. The lowest BCUT2D eigenvalue weighted by Crippen LogP contribution is -2.61. The van der Waals surface area contributed by atoms with E-state index in [1.54, 1.807) is 16.7 Å². The minimum absolute atomic E-state index is 0.0756. The number of methoxy groups -OCH3 is 1. The molecule has 1 atom stereocenters. The summed E-state index contributed by atoms with van der Waals surface area (Å²) in [7, 11) is 1.61. The van der Waals surface area contributed by atoms with Gasteiger partial charge in [0.1, 0.15) is 5.75 Å². The number of aromatic nitrogens is 3. The average Bonchev–Trinajstić information content (AvgIpc) is 2.86. The third-order valence-electron chi connectivity index (χ3n) is 5.93. The fourth-order valence-electron chi connectivity index (χ4n) is 4.49. The summed E-state index contributed by atoms with van der Waals surface area (Å²) in [6.07, 6.45) is 1.45. The molecule has 166 valence electrons.